The van der Waals surface area contributed by atoms with Crippen molar-refractivity contribution in [2.45, 2.75) is 77.7 Å². The number of esters is 4. The van der Waals surface area contributed by atoms with Gasteiger partial charge in [0.05, 0.1) is 19.6 Å². The van der Waals surface area contributed by atoms with Crippen LogP contribution in [-0.2, 0) is 54.1 Å². The van der Waals surface area contributed by atoms with E-state index in [1.54, 1.807) is 19.2 Å². The van der Waals surface area contributed by atoms with Gasteiger partial charge in [0.1, 0.15) is 18.5 Å². The number of ether oxygens (including phenoxy) is 6. The number of hydrogen-bond acceptors (Lipinski definition) is 14. The van der Waals surface area contributed by atoms with E-state index >= 15 is 0 Å². The summed E-state index contributed by atoms with van der Waals surface area (Å²) >= 11 is 0. The number of nitrogens with one attached hydrogen (secondary N) is 1. The summed E-state index contributed by atoms with van der Waals surface area (Å²) in [6, 6.07) is 6.86. The van der Waals surface area contributed by atoms with Crippen LogP contribution in [0.1, 0.15) is 58.3 Å². The largest absolute Gasteiger partial charge is 0.497 e. The first kappa shape index (κ1) is 31.9. The molecule has 3 rings (SSSR count). The third-order valence-electron chi connectivity index (χ3n) is 5.98. The van der Waals surface area contributed by atoms with Crippen LogP contribution >= 0.6 is 0 Å². The van der Waals surface area contributed by atoms with E-state index in [1.165, 1.54) is 0 Å². The molecular formula is C26H33N5O11. The van der Waals surface area contributed by atoms with Crippen molar-refractivity contribution in [1.29, 1.82) is 0 Å². The molecule has 0 spiro atoms. The van der Waals surface area contributed by atoms with Gasteiger partial charge in [0.2, 0.25) is 12.1 Å². The summed E-state index contributed by atoms with van der Waals surface area (Å²) in [7, 11) is 1.56. The van der Waals surface area contributed by atoms with Crippen molar-refractivity contribution in [2.24, 2.45) is 0 Å². The smallest absolute Gasteiger partial charge is 0.303 e. The lowest BCUT2D eigenvalue weighted by Crippen LogP contribution is -2.60. The fourth-order valence-electron chi connectivity index (χ4n) is 4.24. The average Bonchev–Trinajstić information content (AvgIpc) is 3.37. The number of aromatic nitrogens is 4. The molecule has 2 aromatic rings. The van der Waals surface area contributed by atoms with Gasteiger partial charge in [-0.1, -0.05) is 12.1 Å². The molecule has 1 aromatic carbocycles. The minimum atomic E-state index is -1.42. The number of tetrazole rings is 1. The third-order valence-corrected chi connectivity index (χ3v) is 5.98. The molecule has 1 aliphatic rings. The number of nitrogens with zero attached hydrogens (tertiary/aromatic N) is 4. The van der Waals surface area contributed by atoms with E-state index in [2.05, 4.69) is 20.7 Å². The fraction of sp³-hybridized carbons (Fsp3) is 0.538. The zero-order chi connectivity index (χ0) is 31.0. The molecule has 16 nitrogen and oxygen atoms in total. The van der Waals surface area contributed by atoms with Crippen molar-refractivity contribution in [3.63, 3.8) is 0 Å². The molecule has 42 heavy (non-hydrogen) atoms. The number of rotatable bonds is 11. The van der Waals surface area contributed by atoms with Gasteiger partial charge in [0.15, 0.2) is 24.1 Å². The zero-order valence-electron chi connectivity index (χ0n) is 24.0. The predicted octanol–water partition coefficient (Wildman–Crippen LogP) is 0.357. The van der Waals surface area contributed by atoms with Crippen LogP contribution in [0.2, 0.25) is 0 Å². The molecule has 228 valence electrons. The minimum Gasteiger partial charge on any atom is -0.497 e. The van der Waals surface area contributed by atoms with E-state index in [4.69, 9.17) is 28.4 Å². The molecular weight excluding hydrogens is 558 g/mol. The van der Waals surface area contributed by atoms with Gasteiger partial charge in [0, 0.05) is 27.7 Å². The maximum Gasteiger partial charge on any atom is 0.303 e. The SMILES string of the molecule is COc1ccc(C(C)NC(=O)Cc2nnn(C3OC(COC(C)=O)C(OC(C)=O)C(OC(C)=O)C3OC(C)=O)n2)cc1. The number of methoxy groups -OCH3 is 1. The monoisotopic (exact) mass is 591 g/mol. The van der Waals surface area contributed by atoms with Gasteiger partial charge in [0.25, 0.3) is 0 Å². The van der Waals surface area contributed by atoms with Crippen LogP contribution in [0.3, 0.4) is 0 Å². The Morgan fingerprint density at radius 3 is 2.07 bits per heavy atom. The quantitative estimate of drug-likeness (QED) is 0.278. The molecule has 1 N–H and O–H groups in total. The van der Waals surface area contributed by atoms with E-state index in [1.807, 2.05) is 19.1 Å². The summed E-state index contributed by atoms with van der Waals surface area (Å²) < 4.78 is 32.3. The highest BCUT2D eigenvalue weighted by Crippen LogP contribution is 2.34. The molecule has 0 saturated carbocycles. The lowest BCUT2D eigenvalue weighted by Gasteiger charge is -2.43. The molecule has 0 bridgehead atoms. The van der Waals surface area contributed by atoms with Gasteiger partial charge in [-0.15, -0.1) is 15.0 Å². The van der Waals surface area contributed by atoms with Gasteiger partial charge in [-0.2, -0.15) is 0 Å². The Morgan fingerprint density at radius 1 is 0.905 bits per heavy atom. The summed E-state index contributed by atoms with van der Waals surface area (Å²) in [5.41, 5.74) is 0.846. The van der Waals surface area contributed by atoms with Crippen LogP contribution in [0.25, 0.3) is 0 Å². The number of amides is 1. The summed E-state index contributed by atoms with van der Waals surface area (Å²) in [6.45, 7) is 5.90. The van der Waals surface area contributed by atoms with E-state index < -0.39 is 67.0 Å². The maximum atomic E-state index is 12.7. The predicted molar refractivity (Wildman–Crippen MR) is 138 cm³/mol. The van der Waals surface area contributed by atoms with Gasteiger partial charge >= 0.3 is 23.9 Å². The Bertz CT molecular complexity index is 1280. The number of carbonyl (C=O) groups excluding carboxylic acids is 5. The van der Waals surface area contributed by atoms with E-state index in [-0.39, 0.29) is 18.3 Å². The number of hydrogen-bond donors (Lipinski definition) is 1. The van der Waals surface area contributed by atoms with Crippen LogP contribution in [0.5, 0.6) is 5.75 Å². The van der Waals surface area contributed by atoms with Crippen molar-refractivity contribution in [2.75, 3.05) is 13.7 Å². The standard InChI is InChI=1S/C26H33N5O11/c1-13(18-7-9-19(37-6)10-8-18)27-22(36)11-21-28-30-31(29-21)26-25(41-17(5)35)24(40-16(4)34)23(39-15(3)33)20(42-26)12-38-14(2)32/h7-10,13,20,23-26H,11-12H2,1-6H3,(H,27,36). The second-order valence-electron chi connectivity index (χ2n) is 9.36. The summed E-state index contributed by atoms with van der Waals surface area (Å²) in [6.07, 6.45) is -6.99. The first-order chi connectivity index (χ1) is 19.9. The molecule has 1 aliphatic heterocycles. The van der Waals surface area contributed by atoms with Crippen molar-refractivity contribution < 1.29 is 52.4 Å². The molecule has 16 heteroatoms. The van der Waals surface area contributed by atoms with Gasteiger partial charge in [-0.05, 0) is 29.8 Å². The molecule has 0 aliphatic carbocycles. The second kappa shape index (κ2) is 14.3. The lowest BCUT2D eigenvalue weighted by molar-refractivity contribution is -0.272. The van der Waals surface area contributed by atoms with E-state index in [9.17, 15) is 24.0 Å². The Hall–Kier alpha value is -4.60. The van der Waals surface area contributed by atoms with Crippen LogP contribution in [-0.4, -0.2) is 88.1 Å². The Kier molecular flexibility index (Phi) is 10.9. The molecule has 6 atom stereocenters. The third kappa shape index (κ3) is 8.70. The van der Waals surface area contributed by atoms with Gasteiger partial charge < -0.3 is 33.7 Å². The molecule has 6 unspecified atom stereocenters. The van der Waals surface area contributed by atoms with Crippen molar-refractivity contribution in [3.05, 3.63) is 35.7 Å². The van der Waals surface area contributed by atoms with Crippen LogP contribution < -0.4 is 10.1 Å². The Balaban J connectivity index is 1.85. The second-order valence-corrected chi connectivity index (χ2v) is 9.36. The molecule has 1 fully saturated rings. The molecule has 1 amide bonds. The molecule has 0 radical (unpaired) electrons. The van der Waals surface area contributed by atoms with E-state index in [0.29, 0.717) is 5.75 Å². The average molecular weight is 592 g/mol. The maximum absolute atomic E-state index is 12.7. The minimum absolute atomic E-state index is 0.00212. The number of benzene rings is 1. The zero-order valence-corrected chi connectivity index (χ0v) is 24.0. The summed E-state index contributed by atoms with van der Waals surface area (Å²) in [5.74, 6) is -2.69. The highest BCUT2D eigenvalue weighted by molar-refractivity contribution is 5.78. The Morgan fingerprint density at radius 2 is 1.50 bits per heavy atom. The lowest BCUT2D eigenvalue weighted by atomic mass is 9.97. The van der Waals surface area contributed by atoms with Crippen LogP contribution in [0.15, 0.2) is 24.3 Å². The normalized spacial score (nSPS) is 22.3. The highest BCUT2D eigenvalue weighted by atomic mass is 16.7. The van der Waals surface area contributed by atoms with Crippen LogP contribution in [0, 0.1) is 0 Å². The van der Waals surface area contributed by atoms with Crippen molar-refractivity contribution >= 4 is 29.8 Å². The summed E-state index contributed by atoms with van der Waals surface area (Å²) in [4.78, 5) is 61.1. The Labute approximate surface area is 240 Å². The topological polar surface area (TPSA) is 196 Å². The first-order valence-corrected chi connectivity index (χ1v) is 12.9. The highest BCUT2D eigenvalue weighted by Gasteiger charge is 2.53. The summed E-state index contributed by atoms with van der Waals surface area (Å²) in [5, 5.41) is 14.9. The van der Waals surface area contributed by atoms with Crippen molar-refractivity contribution in [3.8, 4) is 5.75 Å². The molecule has 1 aromatic heterocycles. The van der Waals surface area contributed by atoms with Crippen LogP contribution in [0.4, 0.5) is 0 Å². The van der Waals surface area contributed by atoms with E-state index in [0.717, 1.165) is 38.1 Å². The fourth-order valence-corrected chi connectivity index (χ4v) is 4.24. The molecule has 2 heterocycles. The molecule has 1 saturated heterocycles. The van der Waals surface area contributed by atoms with Gasteiger partial charge in [-0.3, -0.25) is 24.0 Å². The first-order valence-electron chi connectivity index (χ1n) is 12.9. The number of carbonyl (C=O) groups is 5. The van der Waals surface area contributed by atoms with Crippen molar-refractivity contribution in [1.82, 2.24) is 25.5 Å². The van der Waals surface area contributed by atoms with Gasteiger partial charge in [-0.25, -0.2) is 0 Å².